The van der Waals surface area contributed by atoms with Gasteiger partial charge < -0.3 is 157 Å². The van der Waals surface area contributed by atoms with E-state index >= 15 is 0 Å². The van der Waals surface area contributed by atoms with E-state index in [0.717, 1.165) is 123 Å². The van der Waals surface area contributed by atoms with Crippen LogP contribution in [0.1, 0.15) is 224 Å². The predicted octanol–water partition coefficient (Wildman–Crippen LogP) is -1.58. The molecule has 4 heterocycles. The van der Waals surface area contributed by atoms with Crippen LogP contribution in [0.4, 0.5) is 0 Å². The first-order valence-electron chi connectivity index (χ1n) is 38.3. The molecule has 0 aromatic rings. The lowest BCUT2D eigenvalue weighted by Gasteiger charge is -2.53. The summed E-state index contributed by atoms with van der Waals surface area (Å²) in [7, 11) is 0. The van der Waals surface area contributed by atoms with Gasteiger partial charge in [-0.15, -0.1) is 0 Å². The van der Waals surface area contributed by atoms with Crippen LogP contribution in [0.5, 0.6) is 0 Å². The summed E-state index contributed by atoms with van der Waals surface area (Å²) in [6, 6.07) is -4.85. The Balaban J connectivity index is 0.0000194. The second-order valence-corrected chi connectivity index (χ2v) is 27.6. The molecule has 34 nitrogen and oxygen atoms in total. The number of carbonyl (C=O) groups is 5. The highest BCUT2D eigenvalue weighted by molar-refractivity contribution is 5.77. The molecule has 0 aliphatic carbocycles. The van der Waals surface area contributed by atoms with E-state index in [4.69, 9.17) is 42.0 Å². The third-order valence-corrected chi connectivity index (χ3v) is 19.3. The Hall–Kier alpha value is -3.87. The molecule has 0 aromatic heterocycles. The first-order chi connectivity index (χ1) is 49.8. The number of nitrogens with one attached hydrogen (secondary N) is 3. The van der Waals surface area contributed by atoms with Crippen molar-refractivity contribution in [1.82, 2.24) is 28.3 Å². The van der Waals surface area contributed by atoms with Crippen LogP contribution >= 0.6 is 0 Å². The number of unbranched alkanes of at least 4 members (excludes halogenated alkanes) is 24. The summed E-state index contributed by atoms with van der Waals surface area (Å²) in [6.45, 7) is -3.19. The van der Waals surface area contributed by atoms with Gasteiger partial charge in [-0.1, -0.05) is 180 Å². The summed E-state index contributed by atoms with van der Waals surface area (Å²) in [5.41, 5.74) is 0. The predicted molar refractivity (Wildman–Crippen MR) is 370 cm³/mol. The van der Waals surface area contributed by atoms with Gasteiger partial charge in [-0.25, -0.2) is 0 Å². The average Bonchev–Trinajstić information content (AvgIpc) is 0.752. The van der Waals surface area contributed by atoms with E-state index in [1.807, 2.05) is 0 Å². The number of carboxylic acids is 2. The first kappa shape index (κ1) is 90.7. The van der Waals surface area contributed by atoms with E-state index in [9.17, 15) is 106 Å². The number of ether oxygens (including phenoxy) is 8. The molecule has 0 unspecified atom stereocenters. The molecule has 610 valence electrons. The average molecular weight is 1510 g/mol. The van der Waals surface area contributed by atoms with Gasteiger partial charge in [0.05, 0.1) is 69.5 Å². The van der Waals surface area contributed by atoms with Crippen molar-refractivity contribution in [2.24, 2.45) is 0 Å². The molecule has 0 spiro atoms. The van der Waals surface area contributed by atoms with Crippen molar-refractivity contribution in [3.63, 3.8) is 0 Å². The number of hydrogen-bond acceptors (Lipinski definition) is 29. The number of quaternary nitrogens is 2. The number of aliphatic hydroxyl groups is 14. The molecule has 0 aromatic carbocycles. The van der Waals surface area contributed by atoms with Crippen molar-refractivity contribution in [3.8, 4) is 0 Å². The molecule has 104 heavy (non-hydrogen) atoms. The fourth-order valence-electron chi connectivity index (χ4n) is 13.4. The van der Waals surface area contributed by atoms with Gasteiger partial charge in [0.1, 0.15) is 97.4 Å². The van der Waals surface area contributed by atoms with Gasteiger partial charge in [-0.3, -0.25) is 14.4 Å². The number of amides is 3. The number of aliphatic carboxylic acids is 2. The van der Waals surface area contributed by atoms with Crippen LogP contribution in [0.25, 0.3) is 0 Å². The Morgan fingerprint density at radius 3 is 1.50 bits per heavy atom. The van der Waals surface area contributed by atoms with E-state index in [0.29, 0.717) is 12.8 Å². The van der Waals surface area contributed by atoms with Crippen LogP contribution in [0.15, 0.2) is 12.2 Å². The SMILES string of the molecule is [2H]C([2H])([2H])CCCCCCCCCCCCCCCCC(=O)N[C@@H](CO[C@@H]1O[C@H](CO)[C@@H](O[C@@H]2O[C@H](CO)[C@H](O)[C@H](O[C@]3(C(=O)[O-])C[C@H](O)[C@@H](NC(C)=O)[C@H]([C@H](O)[C@@H](CO)O[C@]4(C(=O)[O-])C[C@H](O)[C@@H](NC(C)=O)[C@H]([C@H](O)[C@H](O)CO)O4)O3)[C@H]2O)[C@H](O)[C@H]1O)[C@H](O)/C=C/CCCCCCCCCCCCC.[NH4+].[NH4+]. The Kier molecular flexibility index (Phi) is 44.3. The van der Waals surface area contributed by atoms with E-state index < -0.39 is 228 Å². The maximum Gasteiger partial charge on any atom is 0.220 e. The minimum Gasteiger partial charge on any atom is -0.544 e. The van der Waals surface area contributed by atoms with Crippen LogP contribution in [-0.4, -0.2) is 280 Å². The van der Waals surface area contributed by atoms with Gasteiger partial charge in [-0.2, -0.15) is 0 Å². The van der Waals surface area contributed by atoms with E-state index in [-0.39, 0.29) is 25.1 Å². The minimum atomic E-state index is -3.52. The third-order valence-electron chi connectivity index (χ3n) is 19.3. The summed E-state index contributed by atoms with van der Waals surface area (Å²) < 4.78 is 68.0. The number of hydrogen-bond donors (Lipinski definition) is 19. The zero-order valence-corrected chi connectivity index (χ0v) is 61.5. The molecule has 4 saturated heterocycles. The van der Waals surface area contributed by atoms with Gasteiger partial charge in [-0.05, 0) is 19.3 Å². The first-order valence-corrected chi connectivity index (χ1v) is 36.8. The molecule has 0 saturated carbocycles. The maximum atomic E-state index is 13.5. The van der Waals surface area contributed by atoms with Gasteiger partial charge in [0, 0.05) is 37.2 Å². The van der Waals surface area contributed by atoms with Crippen molar-refractivity contribution < 1.29 is 148 Å². The molecular weight excluding hydrogens is 1370 g/mol. The van der Waals surface area contributed by atoms with Crippen LogP contribution in [0, 0.1) is 0 Å². The number of allylic oxidation sites excluding steroid dienone is 1. The van der Waals surface area contributed by atoms with Gasteiger partial charge in [0.25, 0.3) is 0 Å². The fraction of sp³-hybridized carbons (Fsp3) is 0.900. The standard InChI is InChI=1S/C70H125N3O29.2H3N/c1-5-7-9-11-13-15-17-19-20-22-24-26-28-30-32-34-52(84)73-44(45(80)33-31-29-27-25-23-21-18-16-14-12-10-8-6-2)41-95-65-59(89)58(88)61(51(40-77)97-65)98-66-60(90)64(56(86)49(38-75)96-66)102-70(68(93)94)36-47(82)54(72-43(4)79)63(101-70)57(87)50(39-76)99-69(67(91)92)35-46(81)53(71-42(3)78)62(100-69)55(85)48(83)37-74;;/h31,33,44-51,53-66,74-77,80-83,85-90H,5-30,32,34-41H2,1-4H3,(H,71,78)(H,72,79)(H,73,84)(H,91,92)(H,93,94);2*1H3/b33-31+;;/t44-,45+,46-,47-,48+,49+,50+,51+,53+,54+,55+,56-,57+,58+,59+,60+,61+,62+,63+,64-,65+,66-,69+,70-;;/m0../s1/i1D3;;. The largest absolute Gasteiger partial charge is 0.544 e. The molecule has 24 atom stereocenters. The molecule has 4 aliphatic heterocycles. The smallest absolute Gasteiger partial charge is 0.220 e. The van der Waals surface area contributed by atoms with Crippen molar-refractivity contribution in [3.05, 3.63) is 12.2 Å². The van der Waals surface area contributed by atoms with Crippen molar-refractivity contribution in [1.29, 1.82) is 0 Å². The zero-order chi connectivity index (χ0) is 78.0. The molecule has 34 heteroatoms. The normalized spacial score (nSPS) is 31.7. The van der Waals surface area contributed by atoms with E-state index in [2.05, 4.69) is 22.9 Å². The van der Waals surface area contributed by atoms with Gasteiger partial charge in [0.15, 0.2) is 12.6 Å². The second-order valence-electron chi connectivity index (χ2n) is 27.6. The highest BCUT2D eigenvalue weighted by Gasteiger charge is 2.60. The lowest BCUT2D eigenvalue weighted by molar-refractivity contribution is -0.415. The highest BCUT2D eigenvalue weighted by Crippen LogP contribution is 2.41. The highest BCUT2D eigenvalue weighted by atomic mass is 16.8. The fourth-order valence-corrected chi connectivity index (χ4v) is 13.4. The number of aliphatic hydroxyl groups excluding tert-OH is 14. The summed E-state index contributed by atoms with van der Waals surface area (Å²) in [6.07, 6.45) is -12.8. The lowest BCUT2D eigenvalue weighted by atomic mass is 9.87. The molecule has 4 fully saturated rings. The Labute approximate surface area is 615 Å². The topological polar surface area (TPSA) is 598 Å². The van der Waals surface area contributed by atoms with Crippen molar-refractivity contribution in [2.45, 2.75) is 366 Å². The number of carbonyl (C=O) groups excluding carboxylic acids is 5. The van der Waals surface area contributed by atoms with Crippen LogP contribution in [-0.2, 0) is 61.9 Å². The Morgan fingerprint density at radius 2 is 1.03 bits per heavy atom. The Bertz CT molecular complexity index is 2530. The Morgan fingerprint density at radius 1 is 0.567 bits per heavy atom. The molecule has 4 rings (SSSR count). The summed E-state index contributed by atoms with van der Waals surface area (Å²) in [4.78, 5) is 64.7. The number of carboxylic acid groups (broad SMARTS) is 2. The molecule has 0 radical (unpaired) electrons. The van der Waals surface area contributed by atoms with Crippen molar-refractivity contribution in [2.75, 3.05) is 33.0 Å². The summed E-state index contributed by atoms with van der Waals surface area (Å²) in [5.74, 6) is -14.0. The quantitative estimate of drug-likeness (QED) is 0.0241. The lowest BCUT2D eigenvalue weighted by Crippen LogP contribution is -2.73. The second kappa shape index (κ2) is 50.8. The van der Waals surface area contributed by atoms with Crippen LogP contribution in [0.3, 0.4) is 0 Å². The van der Waals surface area contributed by atoms with Crippen LogP contribution < -0.4 is 38.5 Å². The molecule has 0 bridgehead atoms. The van der Waals surface area contributed by atoms with Crippen LogP contribution in [0.2, 0.25) is 0 Å². The molecule has 4 aliphatic rings. The third kappa shape index (κ3) is 30.2. The maximum absolute atomic E-state index is 13.5. The summed E-state index contributed by atoms with van der Waals surface area (Å²) >= 11 is 0. The molecular formula is C70H131N5O29. The summed E-state index contributed by atoms with van der Waals surface area (Å²) in [5, 5.41) is 189. The number of rotatable bonds is 52. The zero-order valence-electron chi connectivity index (χ0n) is 64.5. The van der Waals surface area contributed by atoms with E-state index in [1.165, 1.54) is 51.0 Å². The van der Waals surface area contributed by atoms with Crippen molar-refractivity contribution >= 4 is 29.7 Å². The minimum absolute atomic E-state index is 0. The molecule has 3 amide bonds. The van der Waals surface area contributed by atoms with Gasteiger partial charge in [0.2, 0.25) is 29.3 Å². The monoisotopic (exact) mass is 1510 g/mol. The van der Waals surface area contributed by atoms with Gasteiger partial charge >= 0.3 is 0 Å². The molecule has 25 N–H and O–H groups in total. The van der Waals surface area contributed by atoms with E-state index in [1.54, 1.807) is 6.08 Å².